The predicted octanol–water partition coefficient (Wildman–Crippen LogP) is 2.76. The number of carbonyl (C=O) groups excluding carboxylic acids is 2. The lowest BCUT2D eigenvalue weighted by atomic mass is 10.2. The van der Waals surface area contributed by atoms with Crippen molar-refractivity contribution in [1.82, 2.24) is 15.5 Å². The average molecular weight is 408 g/mol. The summed E-state index contributed by atoms with van der Waals surface area (Å²) in [5.74, 6) is 0.320. The van der Waals surface area contributed by atoms with Gasteiger partial charge in [-0.1, -0.05) is 41.8 Å². The van der Waals surface area contributed by atoms with Crippen LogP contribution in [0.2, 0.25) is 0 Å². The summed E-state index contributed by atoms with van der Waals surface area (Å²) in [5, 5.41) is 22.4. The molecule has 0 fully saturated rings. The summed E-state index contributed by atoms with van der Waals surface area (Å²) in [5.41, 5.74) is 1.18. The highest BCUT2D eigenvalue weighted by molar-refractivity contribution is 8.03. The van der Waals surface area contributed by atoms with Gasteiger partial charge < -0.3 is 10.6 Å². The monoisotopic (exact) mass is 407 g/mol. The zero-order valence-corrected chi connectivity index (χ0v) is 16.5. The normalized spacial score (nSPS) is 10.2. The number of aromatic nitrogens is 2. The van der Waals surface area contributed by atoms with Gasteiger partial charge in [0.1, 0.15) is 0 Å². The molecule has 26 heavy (non-hydrogen) atoms. The van der Waals surface area contributed by atoms with Crippen LogP contribution in [0.4, 0.5) is 5.69 Å². The van der Waals surface area contributed by atoms with Gasteiger partial charge in [0.05, 0.1) is 23.1 Å². The Hall–Kier alpha value is -2.09. The largest absolute Gasteiger partial charge is 0.355 e. The number of hydrogen-bond acceptors (Lipinski definition) is 8. The zero-order chi connectivity index (χ0) is 18.8. The Morgan fingerprint density at radius 1 is 1.12 bits per heavy atom. The van der Waals surface area contributed by atoms with E-state index in [-0.39, 0.29) is 17.6 Å². The summed E-state index contributed by atoms with van der Waals surface area (Å²) in [6.07, 6.45) is 0.903. The minimum atomic E-state index is -0.164. The van der Waals surface area contributed by atoms with Crippen molar-refractivity contribution >= 4 is 52.4 Å². The van der Waals surface area contributed by atoms with Crippen LogP contribution in [0, 0.1) is 11.3 Å². The third-order valence-corrected chi connectivity index (χ3v) is 6.10. The molecular weight excluding hydrogens is 390 g/mol. The number of anilines is 1. The van der Waals surface area contributed by atoms with Gasteiger partial charge in [-0.2, -0.15) is 5.26 Å². The van der Waals surface area contributed by atoms with Crippen molar-refractivity contribution in [3.05, 3.63) is 29.8 Å². The third kappa shape index (κ3) is 7.03. The van der Waals surface area contributed by atoms with E-state index in [0.717, 1.165) is 6.42 Å². The summed E-state index contributed by atoms with van der Waals surface area (Å²) in [6.45, 7) is 2.67. The highest BCUT2D eigenvalue weighted by atomic mass is 32.2. The first-order valence-electron chi connectivity index (χ1n) is 7.76. The van der Waals surface area contributed by atoms with Crippen molar-refractivity contribution in [3.8, 4) is 6.07 Å². The Labute approximate surface area is 164 Å². The Bertz CT molecular complexity index is 786. The molecule has 0 spiro atoms. The van der Waals surface area contributed by atoms with Crippen LogP contribution < -0.4 is 10.6 Å². The highest BCUT2D eigenvalue weighted by Gasteiger charge is 2.10. The second-order valence-electron chi connectivity index (χ2n) is 5.00. The molecule has 0 radical (unpaired) electrons. The summed E-state index contributed by atoms with van der Waals surface area (Å²) in [7, 11) is 0. The van der Waals surface area contributed by atoms with E-state index in [1.54, 1.807) is 24.3 Å². The van der Waals surface area contributed by atoms with Crippen LogP contribution in [-0.4, -0.2) is 40.1 Å². The summed E-state index contributed by atoms with van der Waals surface area (Å²) in [6, 6.07) is 8.69. The third-order valence-electron chi connectivity index (χ3n) is 2.91. The Morgan fingerprint density at radius 3 is 2.31 bits per heavy atom. The topological polar surface area (TPSA) is 108 Å². The maximum Gasteiger partial charge on any atom is 0.234 e. The van der Waals surface area contributed by atoms with Crippen LogP contribution in [0.1, 0.15) is 18.9 Å². The quantitative estimate of drug-likeness (QED) is 0.615. The number of amides is 2. The molecule has 0 unspecified atom stereocenters. The van der Waals surface area contributed by atoms with Gasteiger partial charge in [0.25, 0.3) is 0 Å². The van der Waals surface area contributed by atoms with Gasteiger partial charge in [0.2, 0.25) is 11.8 Å². The van der Waals surface area contributed by atoms with Crippen LogP contribution in [0.25, 0.3) is 0 Å². The van der Waals surface area contributed by atoms with E-state index in [4.69, 9.17) is 5.26 Å². The number of benzene rings is 1. The van der Waals surface area contributed by atoms with Crippen molar-refractivity contribution < 1.29 is 9.59 Å². The summed E-state index contributed by atoms with van der Waals surface area (Å²) >= 11 is 3.98. The van der Waals surface area contributed by atoms with Crippen LogP contribution >= 0.6 is 34.9 Å². The van der Waals surface area contributed by atoms with E-state index >= 15 is 0 Å². The number of thioether (sulfide) groups is 2. The molecule has 1 heterocycles. The molecule has 0 atom stereocenters. The van der Waals surface area contributed by atoms with Gasteiger partial charge in [-0.3, -0.25) is 9.59 Å². The Kier molecular flexibility index (Phi) is 8.40. The van der Waals surface area contributed by atoms with Crippen LogP contribution in [0.5, 0.6) is 0 Å². The smallest absolute Gasteiger partial charge is 0.234 e. The molecule has 0 aliphatic rings. The molecule has 2 rings (SSSR count). The second kappa shape index (κ2) is 10.8. The number of nitrogens with zero attached hydrogens (tertiary/aromatic N) is 3. The summed E-state index contributed by atoms with van der Waals surface area (Å²) < 4.78 is 1.38. The van der Waals surface area contributed by atoms with E-state index < -0.39 is 0 Å². The minimum absolute atomic E-state index is 0.0250. The first-order chi connectivity index (χ1) is 12.6. The molecular formula is C16H17N5O2S3. The lowest BCUT2D eigenvalue weighted by molar-refractivity contribution is -0.118. The van der Waals surface area contributed by atoms with Crippen LogP contribution in [0.3, 0.4) is 0 Å². The van der Waals surface area contributed by atoms with Crippen molar-refractivity contribution in [1.29, 1.82) is 5.26 Å². The molecule has 0 bridgehead atoms. The van der Waals surface area contributed by atoms with Crippen LogP contribution in [0.15, 0.2) is 32.9 Å². The molecule has 1 aromatic heterocycles. The van der Waals surface area contributed by atoms with Crippen molar-refractivity contribution in [3.63, 3.8) is 0 Å². The number of rotatable bonds is 9. The summed E-state index contributed by atoms with van der Waals surface area (Å²) in [4.78, 5) is 23.5. The van der Waals surface area contributed by atoms with Crippen molar-refractivity contribution in [2.45, 2.75) is 22.0 Å². The maximum absolute atomic E-state index is 12.0. The first kappa shape index (κ1) is 20.2. The molecule has 0 aliphatic carbocycles. The van der Waals surface area contributed by atoms with Gasteiger partial charge in [-0.15, -0.1) is 10.2 Å². The standard InChI is InChI=1S/C16H17N5O2S3/c1-2-7-18-13(22)9-24-15-20-21-16(26-15)25-10-14(23)19-12-5-3-11(8-17)4-6-12/h3-6H,2,7,9-10H2,1H3,(H,18,22)(H,19,23). The molecule has 10 heteroatoms. The first-order valence-corrected chi connectivity index (χ1v) is 10.5. The number of carbonyl (C=O) groups is 2. The number of hydrogen-bond donors (Lipinski definition) is 2. The fourth-order valence-electron chi connectivity index (χ4n) is 1.71. The fraction of sp³-hybridized carbons (Fsp3) is 0.312. The van der Waals surface area contributed by atoms with Gasteiger partial charge in [-0.25, -0.2) is 0 Å². The molecule has 2 amide bonds. The molecule has 2 N–H and O–H groups in total. The molecule has 2 aromatic rings. The number of nitriles is 1. The predicted molar refractivity (Wildman–Crippen MR) is 104 cm³/mol. The molecule has 136 valence electrons. The zero-order valence-electron chi connectivity index (χ0n) is 14.0. The lowest BCUT2D eigenvalue weighted by Gasteiger charge is -2.03. The highest BCUT2D eigenvalue weighted by Crippen LogP contribution is 2.28. The maximum atomic E-state index is 12.0. The van der Waals surface area contributed by atoms with Crippen LogP contribution in [-0.2, 0) is 9.59 Å². The average Bonchev–Trinajstić information content (AvgIpc) is 3.11. The number of nitrogens with one attached hydrogen (secondary N) is 2. The Morgan fingerprint density at radius 2 is 1.73 bits per heavy atom. The van der Waals surface area contributed by atoms with E-state index in [1.165, 1.54) is 34.9 Å². The van der Waals surface area contributed by atoms with Gasteiger partial charge in [0.15, 0.2) is 8.68 Å². The van der Waals surface area contributed by atoms with Gasteiger partial charge in [-0.05, 0) is 30.7 Å². The van der Waals surface area contributed by atoms with Gasteiger partial charge >= 0.3 is 0 Å². The van der Waals surface area contributed by atoms with Crippen molar-refractivity contribution in [2.24, 2.45) is 0 Å². The minimum Gasteiger partial charge on any atom is -0.355 e. The van der Waals surface area contributed by atoms with Gasteiger partial charge in [0, 0.05) is 12.2 Å². The molecule has 0 saturated carbocycles. The van der Waals surface area contributed by atoms with E-state index in [1.807, 2.05) is 13.0 Å². The molecule has 0 saturated heterocycles. The molecule has 1 aromatic carbocycles. The molecule has 7 nitrogen and oxygen atoms in total. The van der Waals surface area contributed by atoms with E-state index in [2.05, 4.69) is 20.8 Å². The second-order valence-corrected chi connectivity index (χ2v) is 8.42. The Balaban J connectivity index is 1.73. The van der Waals surface area contributed by atoms with Crippen molar-refractivity contribution in [2.75, 3.05) is 23.4 Å². The van der Waals surface area contributed by atoms with E-state index in [9.17, 15) is 9.59 Å². The van der Waals surface area contributed by atoms with E-state index in [0.29, 0.717) is 32.2 Å². The lowest BCUT2D eigenvalue weighted by Crippen LogP contribution is -2.25. The molecule has 0 aliphatic heterocycles. The fourth-order valence-corrected chi connectivity index (χ4v) is 4.36. The SMILES string of the molecule is CCCNC(=O)CSc1nnc(SCC(=O)Nc2ccc(C#N)cc2)s1.